The molecule has 0 saturated carbocycles. The van der Waals surface area contributed by atoms with Gasteiger partial charge in [0, 0.05) is 0 Å². The normalized spacial score (nSPS) is 18.1. The van der Waals surface area contributed by atoms with E-state index in [4.69, 9.17) is 0 Å². The van der Waals surface area contributed by atoms with Crippen LogP contribution < -0.4 is 0 Å². The zero-order chi connectivity index (χ0) is 6.85. The summed E-state index contributed by atoms with van der Waals surface area (Å²) in [5.74, 6) is -2.84. The fourth-order valence-corrected chi connectivity index (χ4v) is 0.489. The lowest BCUT2D eigenvalue weighted by molar-refractivity contribution is -0.132. The van der Waals surface area contributed by atoms with Gasteiger partial charge < -0.3 is 0 Å². The number of Topliss-reactive ketones (excluding diaryl/α,β-unsaturated/α-hetero) is 1. The van der Waals surface area contributed by atoms with Gasteiger partial charge in [-0.3, -0.25) is 9.59 Å². The molecule has 9 heavy (non-hydrogen) atoms. The first-order valence-electron chi connectivity index (χ1n) is 2.34. The topological polar surface area (TPSA) is 34.1 Å². The number of hydrogen-bond donors (Lipinski definition) is 0. The maximum absolute atomic E-state index is 12.1. The van der Waals surface area contributed by atoms with Crippen molar-refractivity contribution in [1.82, 2.24) is 0 Å². The number of rotatable bonds is 0. The molecule has 0 bridgehead atoms. The average Bonchev–Trinajstić information content (AvgIpc) is 1.83. The summed E-state index contributed by atoms with van der Waals surface area (Å²) in [5.41, 5.74) is 0. The number of hydrogen-bond acceptors (Lipinski definition) is 2. The molecule has 0 radical (unpaired) electrons. The van der Waals surface area contributed by atoms with E-state index in [1.165, 1.54) is 6.08 Å². The largest absolute Gasteiger partial charge is 0.285 e. The summed E-state index contributed by atoms with van der Waals surface area (Å²) >= 11 is 0. The van der Waals surface area contributed by atoms with Crippen molar-refractivity contribution in [3.8, 4) is 0 Å². The molecule has 0 saturated heterocycles. The SMILES string of the molecule is O=C1C=CC=C(F)C1=O. The summed E-state index contributed by atoms with van der Waals surface area (Å²) in [6.07, 6.45) is 3.20. The summed E-state index contributed by atoms with van der Waals surface area (Å²) in [4.78, 5) is 20.6. The van der Waals surface area contributed by atoms with Gasteiger partial charge >= 0.3 is 0 Å². The minimum absolute atomic E-state index is 0.796. The Morgan fingerprint density at radius 3 is 2.44 bits per heavy atom. The fourth-order valence-electron chi connectivity index (χ4n) is 0.489. The summed E-state index contributed by atoms with van der Waals surface area (Å²) < 4.78 is 12.1. The van der Waals surface area contributed by atoms with E-state index in [1.54, 1.807) is 0 Å². The quantitative estimate of drug-likeness (QED) is 0.351. The number of halogens is 1. The van der Waals surface area contributed by atoms with Crippen molar-refractivity contribution in [3.63, 3.8) is 0 Å². The zero-order valence-electron chi connectivity index (χ0n) is 4.43. The maximum atomic E-state index is 12.1. The van der Waals surface area contributed by atoms with Crippen molar-refractivity contribution in [2.24, 2.45) is 0 Å². The van der Waals surface area contributed by atoms with Gasteiger partial charge in [-0.2, -0.15) is 0 Å². The minimum atomic E-state index is -1.06. The van der Waals surface area contributed by atoms with Crippen molar-refractivity contribution in [2.75, 3.05) is 0 Å². The van der Waals surface area contributed by atoms with Gasteiger partial charge in [0.2, 0.25) is 5.78 Å². The highest BCUT2D eigenvalue weighted by Gasteiger charge is 2.17. The van der Waals surface area contributed by atoms with Crippen LogP contribution in [0.4, 0.5) is 4.39 Å². The maximum Gasteiger partial charge on any atom is 0.261 e. The fraction of sp³-hybridized carbons (Fsp3) is 0. The van der Waals surface area contributed by atoms with Crippen LogP contribution >= 0.6 is 0 Å². The Hall–Kier alpha value is -1.25. The van der Waals surface area contributed by atoms with E-state index in [9.17, 15) is 14.0 Å². The molecule has 0 N–H and O–H groups in total. The highest BCUT2D eigenvalue weighted by Crippen LogP contribution is 2.04. The van der Waals surface area contributed by atoms with Crippen LogP contribution in [0.3, 0.4) is 0 Å². The lowest BCUT2D eigenvalue weighted by Gasteiger charge is -1.93. The van der Waals surface area contributed by atoms with Gasteiger partial charge in [0.25, 0.3) is 5.78 Å². The van der Waals surface area contributed by atoms with E-state index < -0.39 is 17.4 Å². The molecule has 0 unspecified atom stereocenters. The number of allylic oxidation sites excluding steroid dienone is 4. The van der Waals surface area contributed by atoms with Crippen molar-refractivity contribution in [3.05, 3.63) is 24.1 Å². The second-order valence-electron chi connectivity index (χ2n) is 1.57. The number of carbonyl (C=O) groups is 2. The molecule has 3 heteroatoms. The van der Waals surface area contributed by atoms with E-state index in [0.717, 1.165) is 12.2 Å². The van der Waals surface area contributed by atoms with Crippen molar-refractivity contribution in [2.45, 2.75) is 0 Å². The third kappa shape index (κ3) is 0.937. The molecular formula is C6H3FO2. The van der Waals surface area contributed by atoms with Gasteiger partial charge in [-0.15, -0.1) is 0 Å². The summed E-state index contributed by atoms with van der Waals surface area (Å²) in [6.45, 7) is 0. The molecule has 0 amide bonds. The Bertz CT molecular complexity index is 225. The molecule has 46 valence electrons. The molecular weight excluding hydrogens is 123 g/mol. The first kappa shape index (κ1) is 5.88. The van der Waals surface area contributed by atoms with Crippen LogP contribution in [0.25, 0.3) is 0 Å². The molecule has 0 aromatic carbocycles. The van der Waals surface area contributed by atoms with Crippen molar-refractivity contribution >= 4 is 11.6 Å². The third-order valence-corrected chi connectivity index (χ3v) is 0.931. The summed E-state index contributed by atoms with van der Waals surface area (Å²) in [6, 6.07) is 0. The number of carbonyl (C=O) groups excluding carboxylic acids is 2. The lowest BCUT2D eigenvalue weighted by Crippen LogP contribution is -2.13. The zero-order valence-corrected chi connectivity index (χ0v) is 4.43. The molecule has 0 aromatic heterocycles. The molecule has 0 aliphatic heterocycles. The first-order valence-corrected chi connectivity index (χ1v) is 2.34. The second kappa shape index (κ2) is 1.93. The standard InChI is InChI=1S/C6H3FO2/c7-4-2-1-3-5(8)6(4)9/h1-3H. The third-order valence-electron chi connectivity index (χ3n) is 0.931. The molecule has 1 aliphatic rings. The monoisotopic (exact) mass is 126 g/mol. The van der Waals surface area contributed by atoms with Crippen LogP contribution in [0.2, 0.25) is 0 Å². The van der Waals surface area contributed by atoms with Crippen LogP contribution in [-0.2, 0) is 9.59 Å². The predicted octanol–water partition coefficient (Wildman–Crippen LogP) is 0.548. The van der Waals surface area contributed by atoms with Crippen LogP contribution in [0.1, 0.15) is 0 Å². The molecule has 0 fully saturated rings. The van der Waals surface area contributed by atoms with Gasteiger partial charge in [-0.25, -0.2) is 4.39 Å². The van der Waals surface area contributed by atoms with Gasteiger partial charge in [-0.05, 0) is 12.2 Å². The Balaban J connectivity index is 3.00. The molecule has 0 aromatic rings. The lowest BCUT2D eigenvalue weighted by atomic mass is 10.1. The highest BCUT2D eigenvalue weighted by atomic mass is 19.1. The van der Waals surface area contributed by atoms with Crippen molar-refractivity contribution < 1.29 is 14.0 Å². The Morgan fingerprint density at radius 1 is 1.33 bits per heavy atom. The Labute approximate surface area is 50.7 Å². The van der Waals surface area contributed by atoms with E-state index in [2.05, 4.69) is 0 Å². The minimum Gasteiger partial charge on any atom is -0.285 e. The van der Waals surface area contributed by atoms with Crippen LogP contribution in [-0.4, -0.2) is 11.6 Å². The smallest absolute Gasteiger partial charge is 0.261 e. The number of ketones is 2. The van der Waals surface area contributed by atoms with Crippen molar-refractivity contribution in [1.29, 1.82) is 0 Å². The van der Waals surface area contributed by atoms with Crippen LogP contribution in [0.15, 0.2) is 24.1 Å². The second-order valence-corrected chi connectivity index (χ2v) is 1.57. The van der Waals surface area contributed by atoms with Crippen LogP contribution in [0.5, 0.6) is 0 Å². The van der Waals surface area contributed by atoms with E-state index in [1.807, 2.05) is 0 Å². The van der Waals surface area contributed by atoms with Gasteiger partial charge in [0.05, 0.1) is 0 Å². The summed E-state index contributed by atoms with van der Waals surface area (Å²) in [7, 11) is 0. The molecule has 0 atom stereocenters. The Morgan fingerprint density at radius 2 is 2.00 bits per heavy atom. The predicted molar refractivity (Wildman–Crippen MR) is 28.3 cm³/mol. The first-order chi connectivity index (χ1) is 4.22. The van der Waals surface area contributed by atoms with Gasteiger partial charge in [-0.1, -0.05) is 6.08 Å². The van der Waals surface area contributed by atoms with Gasteiger partial charge in [0.15, 0.2) is 5.83 Å². The average molecular weight is 126 g/mol. The van der Waals surface area contributed by atoms with E-state index in [0.29, 0.717) is 0 Å². The van der Waals surface area contributed by atoms with E-state index >= 15 is 0 Å². The molecule has 0 spiro atoms. The summed E-state index contributed by atoms with van der Waals surface area (Å²) in [5, 5.41) is 0. The van der Waals surface area contributed by atoms with Crippen LogP contribution in [0, 0.1) is 0 Å². The molecule has 1 aliphatic carbocycles. The highest BCUT2D eigenvalue weighted by molar-refractivity contribution is 6.47. The molecule has 1 rings (SSSR count). The molecule has 2 nitrogen and oxygen atoms in total. The van der Waals surface area contributed by atoms with E-state index in [-0.39, 0.29) is 0 Å². The molecule has 0 heterocycles. The van der Waals surface area contributed by atoms with Gasteiger partial charge in [0.1, 0.15) is 0 Å². The Kier molecular flexibility index (Phi) is 1.26.